The Labute approximate surface area is 228 Å². The molecule has 39 heavy (non-hydrogen) atoms. The molecule has 0 radical (unpaired) electrons. The van der Waals surface area contributed by atoms with Crippen molar-refractivity contribution in [2.24, 2.45) is 11.8 Å². The molecule has 3 heterocycles. The first-order chi connectivity index (χ1) is 19.1. The number of nitrogens with one attached hydrogen (secondary N) is 3. The molecule has 8 nitrogen and oxygen atoms in total. The van der Waals surface area contributed by atoms with Gasteiger partial charge in [-0.2, -0.15) is 0 Å². The zero-order valence-electron chi connectivity index (χ0n) is 22.3. The predicted molar refractivity (Wildman–Crippen MR) is 154 cm³/mol. The molecule has 2 aromatic carbocycles. The van der Waals surface area contributed by atoms with Crippen LogP contribution in [0.25, 0.3) is 21.8 Å². The lowest BCUT2D eigenvalue weighted by molar-refractivity contribution is 0.0924. The number of anilines is 1. The lowest BCUT2D eigenvalue weighted by Gasteiger charge is -2.36. The van der Waals surface area contributed by atoms with E-state index in [0.717, 1.165) is 29.7 Å². The molecule has 1 aliphatic heterocycles. The number of para-hydroxylation sites is 1. The van der Waals surface area contributed by atoms with Gasteiger partial charge in [0, 0.05) is 31.2 Å². The fraction of sp³-hybridized carbons (Fsp3) is 0.419. The van der Waals surface area contributed by atoms with Gasteiger partial charge in [-0.05, 0) is 67.6 Å². The highest BCUT2D eigenvalue weighted by molar-refractivity contribution is 6.07. The Morgan fingerprint density at radius 3 is 2.62 bits per heavy atom. The van der Waals surface area contributed by atoms with Crippen molar-refractivity contribution >= 4 is 39.6 Å². The van der Waals surface area contributed by atoms with E-state index >= 15 is 0 Å². The van der Waals surface area contributed by atoms with Crippen LogP contribution < -0.4 is 10.6 Å². The van der Waals surface area contributed by atoms with Crippen LogP contribution in [0.3, 0.4) is 0 Å². The minimum Gasteiger partial charge on any atom is -0.352 e. The lowest BCUT2D eigenvalue weighted by atomic mass is 9.88. The summed E-state index contributed by atoms with van der Waals surface area (Å²) in [4.78, 5) is 40.6. The van der Waals surface area contributed by atoms with Crippen LogP contribution >= 0.6 is 0 Å². The van der Waals surface area contributed by atoms with Gasteiger partial charge in [0.05, 0.1) is 11.1 Å². The molecule has 1 atom stereocenters. The normalized spacial score (nSPS) is 18.8. The first kappa shape index (κ1) is 25.5. The number of carbonyl (C=O) groups is 2. The molecule has 6 rings (SSSR count). The summed E-state index contributed by atoms with van der Waals surface area (Å²) in [6.45, 7) is 4.11. The standard InChI is InChI=1S/C31H36N6O2/c38-29(33-17-22-10-7-15-37(20-22)19-21-8-2-1-3-9-21)25-13-6-14-26-28(25)35-31(34-26)36-30(39)27-16-23-11-4-5-12-24(23)18-32-27/h4-6,11-14,16,18,21-22H,1-3,7-10,15,17,19-20H2,(H,33,38)(H2,34,35,36,39). The van der Waals surface area contributed by atoms with Crippen LogP contribution in [0.4, 0.5) is 5.95 Å². The number of imidazole rings is 1. The molecule has 0 bridgehead atoms. The summed E-state index contributed by atoms with van der Waals surface area (Å²) in [7, 11) is 0. The van der Waals surface area contributed by atoms with Crippen molar-refractivity contribution in [3.63, 3.8) is 0 Å². The number of pyridine rings is 1. The smallest absolute Gasteiger partial charge is 0.276 e. The van der Waals surface area contributed by atoms with Gasteiger partial charge in [-0.25, -0.2) is 4.98 Å². The number of hydrogen-bond acceptors (Lipinski definition) is 5. The van der Waals surface area contributed by atoms with Crippen LogP contribution in [0.1, 0.15) is 65.8 Å². The topological polar surface area (TPSA) is 103 Å². The minimum absolute atomic E-state index is 0.134. The molecule has 4 aromatic rings. The first-order valence-electron chi connectivity index (χ1n) is 14.3. The molecule has 2 aromatic heterocycles. The molecular formula is C31H36N6O2. The summed E-state index contributed by atoms with van der Waals surface area (Å²) in [5, 5.41) is 7.87. The van der Waals surface area contributed by atoms with Gasteiger partial charge in [0.15, 0.2) is 0 Å². The zero-order chi connectivity index (χ0) is 26.6. The quantitative estimate of drug-likeness (QED) is 0.301. The maximum absolute atomic E-state index is 13.2. The SMILES string of the molecule is O=C(Nc1nc2c(C(=O)NCC3CCCN(CC4CCCCC4)C3)cccc2[nH]1)c1cc2ccccc2cn1. The van der Waals surface area contributed by atoms with E-state index in [4.69, 9.17) is 0 Å². The maximum Gasteiger partial charge on any atom is 0.276 e. The Bertz CT molecular complexity index is 1470. The lowest BCUT2D eigenvalue weighted by Crippen LogP contribution is -2.43. The van der Waals surface area contributed by atoms with Crippen LogP contribution in [0.15, 0.2) is 54.7 Å². The number of aromatic nitrogens is 3. The molecule has 3 N–H and O–H groups in total. The largest absolute Gasteiger partial charge is 0.352 e. The number of likely N-dealkylation sites (tertiary alicyclic amines) is 1. The van der Waals surface area contributed by atoms with E-state index in [0.29, 0.717) is 34.8 Å². The summed E-state index contributed by atoms with van der Waals surface area (Å²) in [6, 6.07) is 15.0. The highest BCUT2D eigenvalue weighted by atomic mass is 16.2. The number of H-pyrrole nitrogens is 1. The highest BCUT2D eigenvalue weighted by Crippen LogP contribution is 2.26. The Balaban J connectivity index is 1.08. The van der Waals surface area contributed by atoms with Gasteiger partial charge in [0.1, 0.15) is 11.2 Å². The van der Waals surface area contributed by atoms with Gasteiger partial charge in [-0.15, -0.1) is 0 Å². The van der Waals surface area contributed by atoms with Gasteiger partial charge in [0.2, 0.25) is 5.95 Å². The third-order valence-corrected chi connectivity index (χ3v) is 8.25. The third kappa shape index (κ3) is 5.96. The van der Waals surface area contributed by atoms with Gasteiger partial charge in [-0.3, -0.25) is 19.9 Å². The molecule has 0 spiro atoms. The average Bonchev–Trinajstić information content (AvgIpc) is 3.39. The van der Waals surface area contributed by atoms with Crippen molar-refractivity contribution in [3.8, 4) is 0 Å². The zero-order valence-corrected chi connectivity index (χ0v) is 22.3. The van der Waals surface area contributed by atoms with Crippen molar-refractivity contribution < 1.29 is 9.59 Å². The van der Waals surface area contributed by atoms with Crippen LogP contribution in [-0.4, -0.2) is 57.8 Å². The molecule has 2 fully saturated rings. The fourth-order valence-electron chi connectivity index (χ4n) is 6.20. The fourth-order valence-corrected chi connectivity index (χ4v) is 6.20. The van der Waals surface area contributed by atoms with Crippen molar-refractivity contribution in [2.45, 2.75) is 44.9 Å². The number of fused-ring (bicyclic) bond motifs is 2. The number of amides is 2. The van der Waals surface area contributed by atoms with Crippen molar-refractivity contribution in [1.82, 2.24) is 25.2 Å². The Morgan fingerprint density at radius 2 is 1.74 bits per heavy atom. The Kier molecular flexibility index (Phi) is 7.54. The van der Waals surface area contributed by atoms with Crippen molar-refractivity contribution in [2.75, 3.05) is 31.5 Å². The predicted octanol–water partition coefficient (Wildman–Crippen LogP) is 5.39. The van der Waals surface area contributed by atoms with E-state index in [2.05, 4.69) is 30.5 Å². The Hall–Kier alpha value is -3.78. The average molecular weight is 525 g/mol. The number of nitrogens with zero attached hydrogens (tertiary/aromatic N) is 3. The molecule has 1 saturated carbocycles. The van der Waals surface area contributed by atoms with Crippen LogP contribution in [-0.2, 0) is 0 Å². The number of piperidine rings is 1. The maximum atomic E-state index is 13.2. The molecular weight excluding hydrogens is 488 g/mol. The van der Waals surface area contributed by atoms with Gasteiger partial charge < -0.3 is 15.2 Å². The van der Waals surface area contributed by atoms with Gasteiger partial charge in [0.25, 0.3) is 11.8 Å². The molecule has 1 unspecified atom stereocenters. The monoisotopic (exact) mass is 524 g/mol. The second-order valence-electron chi connectivity index (χ2n) is 11.1. The number of carbonyl (C=O) groups excluding carboxylic acids is 2. The second kappa shape index (κ2) is 11.5. The highest BCUT2D eigenvalue weighted by Gasteiger charge is 2.24. The molecule has 202 valence electrons. The summed E-state index contributed by atoms with van der Waals surface area (Å²) in [5.74, 6) is 1.10. The van der Waals surface area contributed by atoms with Crippen LogP contribution in [0.2, 0.25) is 0 Å². The van der Waals surface area contributed by atoms with E-state index in [1.54, 1.807) is 18.3 Å². The van der Waals surface area contributed by atoms with Crippen molar-refractivity contribution in [1.29, 1.82) is 0 Å². The third-order valence-electron chi connectivity index (χ3n) is 8.25. The van der Waals surface area contributed by atoms with E-state index in [1.807, 2.05) is 36.4 Å². The summed E-state index contributed by atoms with van der Waals surface area (Å²) < 4.78 is 0. The minimum atomic E-state index is -0.360. The van der Waals surface area contributed by atoms with Crippen LogP contribution in [0, 0.1) is 11.8 Å². The number of benzene rings is 2. The van der Waals surface area contributed by atoms with E-state index in [-0.39, 0.29) is 17.8 Å². The molecule has 1 aliphatic carbocycles. The Morgan fingerprint density at radius 1 is 0.923 bits per heavy atom. The second-order valence-corrected chi connectivity index (χ2v) is 11.1. The summed E-state index contributed by atoms with van der Waals surface area (Å²) in [5.41, 5.74) is 2.04. The van der Waals surface area contributed by atoms with E-state index in [9.17, 15) is 9.59 Å². The van der Waals surface area contributed by atoms with Crippen molar-refractivity contribution in [3.05, 3.63) is 66.0 Å². The van der Waals surface area contributed by atoms with Gasteiger partial charge >= 0.3 is 0 Å². The summed E-state index contributed by atoms with van der Waals surface area (Å²) in [6.07, 6.45) is 10.9. The van der Waals surface area contributed by atoms with E-state index in [1.165, 1.54) is 51.6 Å². The molecule has 2 aliphatic rings. The molecule has 8 heteroatoms. The first-order valence-corrected chi connectivity index (χ1v) is 14.3. The number of hydrogen-bond donors (Lipinski definition) is 3. The summed E-state index contributed by atoms with van der Waals surface area (Å²) >= 11 is 0. The number of rotatable bonds is 7. The number of aromatic amines is 1. The molecule has 2 amide bonds. The van der Waals surface area contributed by atoms with E-state index < -0.39 is 0 Å². The molecule has 1 saturated heterocycles. The van der Waals surface area contributed by atoms with Gasteiger partial charge in [-0.1, -0.05) is 49.6 Å². The van der Waals surface area contributed by atoms with Crippen LogP contribution in [0.5, 0.6) is 0 Å².